The maximum atomic E-state index is 11.7. The van der Waals surface area contributed by atoms with Gasteiger partial charge >= 0.3 is 0 Å². The van der Waals surface area contributed by atoms with Gasteiger partial charge in [-0.05, 0) is 19.3 Å². The molecule has 1 unspecified atom stereocenters. The number of amides is 1. The number of hydrogen-bond acceptors (Lipinski definition) is 3. The van der Waals surface area contributed by atoms with Crippen molar-refractivity contribution in [3.63, 3.8) is 0 Å². The lowest BCUT2D eigenvalue weighted by molar-refractivity contribution is -0.131. The number of Topliss-reactive ketones (excluding diaryl/α,β-unsaturated/α-hetero) is 1. The molecule has 1 heterocycles. The van der Waals surface area contributed by atoms with Crippen LogP contribution in [0.25, 0.3) is 0 Å². The molecule has 1 amide bonds. The Morgan fingerprint density at radius 2 is 2.00 bits per heavy atom. The van der Waals surface area contributed by atoms with E-state index in [1.807, 2.05) is 0 Å². The lowest BCUT2D eigenvalue weighted by atomic mass is 9.91. The van der Waals surface area contributed by atoms with E-state index in [1.54, 1.807) is 0 Å². The second-order valence-electron chi connectivity index (χ2n) is 4.72. The standard InChI is InChI=1S/C12H20N2O2/c1-2-11-12(16)13-7-8-14(11)9-3-5-10(15)6-4-9/h9,11H,2-8H2,1H3,(H,13,16). The molecule has 2 rings (SSSR count). The molecule has 1 atom stereocenters. The third-order valence-corrected chi connectivity index (χ3v) is 3.74. The summed E-state index contributed by atoms with van der Waals surface area (Å²) in [5.41, 5.74) is 0. The van der Waals surface area contributed by atoms with Gasteiger partial charge in [-0.3, -0.25) is 14.5 Å². The molecule has 2 fully saturated rings. The monoisotopic (exact) mass is 224 g/mol. The van der Waals surface area contributed by atoms with E-state index in [4.69, 9.17) is 0 Å². The van der Waals surface area contributed by atoms with Crippen LogP contribution in [0.5, 0.6) is 0 Å². The highest BCUT2D eigenvalue weighted by molar-refractivity contribution is 5.82. The lowest BCUT2D eigenvalue weighted by Crippen LogP contribution is -2.58. The first-order valence-corrected chi connectivity index (χ1v) is 6.27. The molecule has 0 aromatic rings. The van der Waals surface area contributed by atoms with Crippen LogP contribution in [-0.2, 0) is 9.59 Å². The summed E-state index contributed by atoms with van der Waals surface area (Å²) in [4.78, 5) is 25.2. The molecule has 0 aromatic carbocycles. The van der Waals surface area contributed by atoms with E-state index in [-0.39, 0.29) is 11.9 Å². The Kier molecular flexibility index (Phi) is 3.59. The van der Waals surface area contributed by atoms with Crippen LogP contribution in [0.15, 0.2) is 0 Å². The molecule has 1 aliphatic carbocycles. The zero-order chi connectivity index (χ0) is 11.5. The van der Waals surface area contributed by atoms with Crippen LogP contribution in [0, 0.1) is 0 Å². The summed E-state index contributed by atoms with van der Waals surface area (Å²) < 4.78 is 0. The highest BCUT2D eigenvalue weighted by atomic mass is 16.2. The normalized spacial score (nSPS) is 29.2. The number of nitrogens with one attached hydrogen (secondary N) is 1. The Morgan fingerprint density at radius 3 is 2.62 bits per heavy atom. The van der Waals surface area contributed by atoms with Crippen molar-refractivity contribution < 1.29 is 9.59 Å². The maximum Gasteiger partial charge on any atom is 0.237 e. The van der Waals surface area contributed by atoms with Gasteiger partial charge in [0.2, 0.25) is 5.91 Å². The number of hydrogen-bond donors (Lipinski definition) is 1. The minimum Gasteiger partial charge on any atom is -0.353 e. The number of carbonyl (C=O) groups is 2. The average molecular weight is 224 g/mol. The van der Waals surface area contributed by atoms with Gasteiger partial charge in [0.05, 0.1) is 6.04 Å². The first-order chi connectivity index (χ1) is 7.72. The molecule has 2 aliphatic rings. The van der Waals surface area contributed by atoms with Crippen molar-refractivity contribution in [2.75, 3.05) is 13.1 Å². The molecular formula is C12H20N2O2. The quantitative estimate of drug-likeness (QED) is 0.751. The highest BCUT2D eigenvalue weighted by Crippen LogP contribution is 2.24. The molecule has 90 valence electrons. The SMILES string of the molecule is CCC1C(=O)NCCN1C1CCC(=O)CC1. The Bertz CT molecular complexity index is 281. The third-order valence-electron chi connectivity index (χ3n) is 3.74. The van der Waals surface area contributed by atoms with Crippen LogP contribution in [0.3, 0.4) is 0 Å². The first-order valence-electron chi connectivity index (χ1n) is 6.27. The van der Waals surface area contributed by atoms with E-state index < -0.39 is 0 Å². The van der Waals surface area contributed by atoms with Crippen LogP contribution in [0.4, 0.5) is 0 Å². The zero-order valence-electron chi connectivity index (χ0n) is 9.87. The van der Waals surface area contributed by atoms with Gasteiger partial charge in [-0.15, -0.1) is 0 Å². The van der Waals surface area contributed by atoms with Gasteiger partial charge in [-0.2, -0.15) is 0 Å². The first kappa shape index (κ1) is 11.6. The largest absolute Gasteiger partial charge is 0.353 e. The maximum absolute atomic E-state index is 11.7. The van der Waals surface area contributed by atoms with Crippen LogP contribution in [0.2, 0.25) is 0 Å². The topological polar surface area (TPSA) is 49.4 Å². The molecule has 1 N–H and O–H groups in total. The predicted octanol–water partition coefficient (Wildman–Crippen LogP) is 0.708. The average Bonchev–Trinajstić information content (AvgIpc) is 2.30. The van der Waals surface area contributed by atoms with Crippen LogP contribution in [-0.4, -0.2) is 41.8 Å². The van der Waals surface area contributed by atoms with E-state index in [1.165, 1.54) is 0 Å². The highest BCUT2D eigenvalue weighted by Gasteiger charge is 2.34. The molecule has 1 aliphatic heterocycles. The van der Waals surface area contributed by atoms with Gasteiger partial charge in [0.25, 0.3) is 0 Å². The molecule has 0 aromatic heterocycles. The van der Waals surface area contributed by atoms with E-state index in [9.17, 15) is 9.59 Å². The Hall–Kier alpha value is -0.900. The molecule has 4 heteroatoms. The number of carbonyl (C=O) groups excluding carboxylic acids is 2. The van der Waals surface area contributed by atoms with Crippen molar-refractivity contribution in [2.45, 2.75) is 51.1 Å². The summed E-state index contributed by atoms with van der Waals surface area (Å²) >= 11 is 0. The van der Waals surface area contributed by atoms with Crippen molar-refractivity contribution in [2.24, 2.45) is 0 Å². The lowest BCUT2D eigenvalue weighted by Gasteiger charge is -2.41. The zero-order valence-corrected chi connectivity index (χ0v) is 9.87. The number of rotatable bonds is 2. The molecule has 0 spiro atoms. The predicted molar refractivity (Wildman–Crippen MR) is 61.1 cm³/mol. The minimum atomic E-state index is 0.0203. The molecule has 4 nitrogen and oxygen atoms in total. The van der Waals surface area contributed by atoms with Gasteiger partial charge < -0.3 is 5.32 Å². The number of nitrogens with zero attached hydrogens (tertiary/aromatic N) is 1. The van der Waals surface area contributed by atoms with Gasteiger partial charge in [-0.25, -0.2) is 0 Å². The van der Waals surface area contributed by atoms with E-state index in [2.05, 4.69) is 17.1 Å². The van der Waals surface area contributed by atoms with Crippen molar-refractivity contribution in [3.8, 4) is 0 Å². The second-order valence-corrected chi connectivity index (χ2v) is 4.72. The van der Waals surface area contributed by atoms with E-state index in [0.29, 0.717) is 24.7 Å². The fourth-order valence-corrected chi connectivity index (χ4v) is 2.85. The summed E-state index contributed by atoms with van der Waals surface area (Å²) in [6, 6.07) is 0.459. The summed E-state index contributed by atoms with van der Waals surface area (Å²) in [6.45, 7) is 3.74. The molecule has 16 heavy (non-hydrogen) atoms. The van der Waals surface area contributed by atoms with Crippen molar-refractivity contribution in [1.82, 2.24) is 10.2 Å². The fraction of sp³-hybridized carbons (Fsp3) is 0.833. The Balaban J connectivity index is 2.01. The Morgan fingerprint density at radius 1 is 1.31 bits per heavy atom. The number of ketones is 1. The summed E-state index contributed by atoms with van der Waals surface area (Å²) in [7, 11) is 0. The van der Waals surface area contributed by atoms with Gasteiger partial charge in [-0.1, -0.05) is 6.92 Å². The summed E-state index contributed by atoms with van der Waals surface area (Å²) in [6.07, 6.45) is 4.11. The third kappa shape index (κ3) is 2.26. The molecule has 1 saturated heterocycles. The van der Waals surface area contributed by atoms with E-state index in [0.717, 1.165) is 32.4 Å². The van der Waals surface area contributed by atoms with Crippen LogP contribution >= 0.6 is 0 Å². The fourth-order valence-electron chi connectivity index (χ4n) is 2.85. The Labute approximate surface area is 96.4 Å². The molecule has 0 radical (unpaired) electrons. The van der Waals surface area contributed by atoms with E-state index >= 15 is 0 Å². The minimum absolute atomic E-state index is 0.0203. The van der Waals surface area contributed by atoms with Crippen molar-refractivity contribution in [1.29, 1.82) is 0 Å². The summed E-state index contributed by atoms with van der Waals surface area (Å²) in [5, 5.41) is 2.91. The van der Waals surface area contributed by atoms with Gasteiger partial charge in [0.1, 0.15) is 5.78 Å². The molecule has 0 bridgehead atoms. The molecular weight excluding hydrogens is 204 g/mol. The van der Waals surface area contributed by atoms with Gasteiger partial charge in [0.15, 0.2) is 0 Å². The van der Waals surface area contributed by atoms with Gasteiger partial charge in [0, 0.05) is 32.0 Å². The van der Waals surface area contributed by atoms with Crippen molar-refractivity contribution in [3.05, 3.63) is 0 Å². The van der Waals surface area contributed by atoms with Crippen LogP contribution < -0.4 is 5.32 Å². The molecule has 1 saturated carbocycles. The second kappa shape index (κ2) is 4.95. The summed E-state index contributed by atoms with van der Waals surface area (Å²) in [5.74, 6) is 0.538. The smallest absolute Gasteiger partial charge is 0.237 e. The number of piperazine rings is 1. The van der Waals surface area contributed by atoms with Crippen LogP contribution in [0.1, 0.15) is 39.0 Å². The van der Waals surface area contributed by atoms with Crippen molar-refractivity contribution >= 4 is 11.7 Å².